The highest BCUT2D eigenvalue weighted by molar-refractivity contribution is 5.77. The summed E-state index contributed by atoms with van der Waals surface area (Å²) in [5.74, 6) is 0. The fourth-order valence-electron chi connectivity index (χ4n) is 1.35. The van der Waals surface area contributed by atoms with E-state index in [9.17, 15) is 0 Å². The van der Waals surface area contributed by atoms with E-state index >= 15 is 0 Å². The molecule has 68 valence electrons. The fourth-order valence-corrected chi connectivity index (χ4v) is 1.35. The smallest absolute Gasteiger partial charge is 0.0155 e. The molecule has 0 heteroatoms. The Hall–Kier alpha value is -1.30. The van der Waals surface area contributed by atoms with Gasteiger partial charge in [0.2, 0.25) is 0 Å². The molecule has 0 bridgehead atoms. The van der Waals surface area contributed by atoms with Crippen LogP contribution in [0.4, 0.5) is 0 Å². The molecule has 13 heavy (non-hydrogen) atoms. The van der Waals surface area contributed by atoms with Gasteiger partial charge in [-0.3, -0.25) is 0 Å². The topological polar surface area (TPSA) is 0 Å². The van der Waals surface area contributed by atoms with Gasteiger partial charge in [0.15, 0.2) is 0 Å². The molecule has 0 aliphatic heterocycles. The van der Waals surface area contributed by atoms with Crippen molar-refractivity contribution in [1.29, 1.82) is 0 Å². The van der Waals surface area contributed by atoms with Gasteiger partial charge in [-0.1, -0.05) is 49.9 Å². The minimum atomic E-state index is 0.990. The normalized spacial score (nSPS) is 9.69. The number of rotatable bonds is 3. The summed E-state index contributed by atoms with van der Waals surface area (Å²) < 4.78 is 0. The van der Waals surface area contributed by atoms with Crippen LogP contribution >= 0.6 is 0 Å². The molecule has 0 aromatic heterocycles. The molecule has 0 N–H and O–H groups in total. The minimum absolute atomic E-state index is 0.990. The molecular formula is C13H16. The Labute approximate surface area is 80.6 Å². The lowest BCUT2D eigenvalue weighted by molar-refractivity contribution is 1.24. The highest BCUT2D eigenvalue weighted by Gasteiger charge is 2.03. The maximum Gasteiger partial charge on any atom is -0.0155 e. The zero-order valence-corrected chi connectivity index (χ0v) is 8.43. The third kappa shape index (κ3) is 2.09. The second kappa shape index (κ2) is 4.08. The molecule has 0 unspecified atom stereocenters. The Morgan fingerprint density at radius 2 is 1.69 bits per heavy atom. The zero-order valence-electron chi connectivity index (χ0n) is 8.43. The molecule has 0 amide bonds. The molecule has 0 saturated carbocycles. The van der Waals surface area contributed by atoms with Crippen molar-refractivity contribution in [3.8, 4) is 0 Å². The molecule has 0 aliphatic carbocycles. The lowest BCUT2D eigenvalue weighted by Crippen LogP contribution is -1.88. The first-order valence-electron chi connectivity index (χ1n) is 4.60. The van der Waals surface area contributed by atoms with E-state index in [-0.39, 0.29) is 0 Å². The fraction of sp³-hybridized carbons (Fsp3) is 0.231. The molecule has 0 radical (unpaired) electrons. The Morgan fingerprint density at radius 1 is 1.15 bits per heavy atom. The molecule has 0 fully saturated rings. The van der Waals surface area contributed by atoms with Gasteiger partial charge in [-0.25, -0.2) is 0 Å². The first-order chi connectivity index (χ1) is 6.16. The van der Waals surface area contributed by atoms with Crippen LogP contribution in [0.2, 0.25) is 0 Å². The van der Waals surface area contributed by atoms with E-state index in [2.05, 4.69) is 32.2 Å². The largest absolute Gasteiger partial charge is 0.0955 e. The van der Waals surface area contributed by atoms with Crippen LogP contribution in [0.3, 0.4) is 0 Å². The van der Waals surface area contributed by atoms with Crippen molar-refractivity contribution >= 4 is 11.1 Å². The summed E-state index contributed by atoms with van der Waals surface area (Å²) in [7, 11) is 0. The molecule has 0 saturated heterocycles. The molecule has 0 nitrogen and oxygen atoms in total. The van der Waals surface area contributed by atoms with Gasteiger partial charge in [0.1, 0.15) is 0 Å². The first-order valence-corrected chi connectivity index (χ1v) is 4.60. The van der Waals surface area contributed by atoms with Gasteiger partial charge in [0, 0.05) is 0 Å². The van der Waals surface area contributed by atoms with Gasteiger partial charge in [0.05, 0.1) is 0 Å². The van der Waals surface area contributed by atoms with Crippen molar-refractivity contribution in [2.75, 3.05) is 0 Å². The van der Waals surface area contributed by atoms with Gasteiger partial charge in [0.25, 0.3) is 0 Å². The van der Waals surface area contributed by atoms with Crippen LogP contribution in [0.5, 0.6) is 0 Å². The third-order valence-electron chi connectivity index (χ3n) is 2.19. The van der Waals surface area contributed by atoms with E-state index in [1.807, 2.05) is 19.1 Å². The summed E-state index contributed by atoms with van der Waals surface area (Å²) in [6.07, 6.45) is 0.990. The van der Waals surface area contributed by atoms with Gasteiger partial charge in [-0.15, -0.1) is 0 Å². The highest BCUT2D eigenvalue weighted by atomic mass is 14.1. The second-order valence-corrected chi connectivity index (χ2v) is 3.28. The lowest BCUT2D eigenvalue weighted by atomic mass is 9.95. The van der Waals surface area contributed by atoms with Gasteiger partial charge in [-0.05, 0) is 30.0 Å². The van der Waals surface area contributed by atoms with Crippen LogP contribution in [0.1, 0.15) is 31.4 Å². The van der Waals surface area contributed by atoms with Crippen molar-refractivity contribution in [2.45, 2.75) is 20.3 Å². The molecule has 1 aromatic carbocycles. The summed E-state index contributed by atoms with van der Waals surface area (Å²) in [5, 5.41) is 0. The maximum atomic E-state index is 4.05. The second-order valence-electron chi connectivity index (χ2n) is 3.28. The van der Waals surface area contributed by atoms with Crippen LogP contribution in [0.15, 0.2) is 37.4 Å². The quantitative estimate of drug-likeness (QED) is 0.642. The number of benzene rings is 1. The molecular weight excluding hydrogens is 156 g/mol. The maximum absolute atomic E-state index is 4.05. The first kappa shape index (κ1) is 9.79. The van der Waals surface area contributed by atoms with Crippen molar-refractivity contribution in [1.82, 2.24) is 0 Å². The lowest BCUT2D eigenvalue weighted by Gasteiger charge is -2.09. The predicted molar refractivity (Wildman–Crippen MR) is 60.5 cm³/mol. The average Bonchev–Trinajstić information content (AvgIpc) is 2.16. The molecule has 1 rings (SSSR count). The Bertz CT molecular complexity index is 332. The van der Waals surface area contributed by atoms with Crippen molar-refractivity contribution in [3.05, 3.63) is 48.6 Å². The zero-order chi connectivity index (χ0) is 9.84. The standard InChI is InChI=1S/C13H16/c1-5-11(4)13-9-7-6-8-12(13)10(2)3/h6-9H,2,4-5H2,1,3H3. The molecule has 1 aromatic rings. The molecule has 0 heterocycles. The van der Waals surface area contributed by atoms with Crippen molar-refractivity contribution in [2.24, 2.45) is 0 Å². The molecule has 0 aliphatic rings. The van der Waals surface area contributed by atoms with E-state index in [4.69, 9.17) is 0 Å². The third-order valence-corrected chi connectivity index (χ3v) is 2.19. The van der Waals surface area contributed by atoms with E-state index in [1.165, 1.54) is 16.7 Å². The van der Waals surface area contributed by atoms with Gasteiger partial charge >= 0.3 is 0 Å². The molecule has 0 atom stereocenters. The Morgan fingerprint density at radius 3 is 2.15 bits per heavy atom. The van der Waals surface area contributed by atoms with Crippen LogP contribution < -0.4 is 0 Å². The summed E-state index contributed by atoms with van der Waals surface area (Å²) in [6.45, 7) is 12.2. The Balaban J connectivity index is 3.19. The van der Waals surface area contributed by atoms with E-state index in [1.54, 1.807) is 0 Å². The van der Waals surface area contributed by atoms with Crippen molar-refractivity contribution in [3.63, 3.8) is 0 Å². The van der Waals surface area contributed by atoms with Gasteiger partial charge < -0.3 is 0 Å². The number of hydrogen-bond donors (Lipinski definition) is 0. The summed E-state index contributed by atoms with van der Waals surface area (Å²) in [5.41, 5.74) is 4.73. The van der Waals surface area contributed by atoms with E-state index in [0.29, 0.717) is 0 Å². The van der Waals surface area contributed by atoms with E-state index < -0.39 is 0 Å². The van der Waals surface area contributed by atoms with E-state index in [0.717, 1.165) is 12.0 Å². The molecule has 0 spiro atoms. The van der Waals surface area contributed by atoms with Gasteiger partial charge in [-0.2, -0.15) is 0 Å². The predicted octanol–water partition coefficient (Wildman–Crippen LogP) is 4.14. The van der Waals surface area contributed by atoms with Crippen molar-refractivity contribution < 1.29 is 0 Å². The Kier molecular flexibility index (Phi) is 3.07. The monoisotopic (exact) mass is 172 g/mol. The summed E-state index contributed by atoms with van der Waals surface area (Å²) >= 11 is 0. The highest BCUT2D eigenvalue weighted by Crippen LogP contribution is 2.24. The SMILES string of the molecule is C=C(C)c1ccccc1C(=C)CC. The van der Waals surface area contributed by atoms with Crippen LogP contribution in [0.25, 0.3) is 11.1 Å². The van der Waals surface area contributed by atoms with Crippen LogP contribution in [0, 0.1) is 0 Å². The summed E-state index contributed by atoms with van der Waals surface area (Å²) in [4.78, 5) is 0. The summed E-state index contributed by atoms with van der Waals surface area (Å²) in [6, 6.07) is 8.29. The minimum Gasteiger partial charge on any atom is -0.0955 e. The van der Waals surface area contributed by atoms with Crippen LogP contribution in [-0.4, -0.2) is 0 Å². The number of hydrogen-bond acceptors (Lipinski definition) is 0. The number of allylic oxidation sites excluding steroid dienone is 2. The average molecular weight is 172 g/mol. The van der Waals surface area contributed by atoms with Crippen LogP contribution in [-0.2, 0) is 0 Å².